The van der Waals surface area contributed by atoms with Crippen molar-refractivity contribution in [1.82, 2.24) is 15.0 Å². The van der Waals surface area contributed by atoms with E-state index in [1.54, 1.807) is 18.6 Å². The van der Waals surface area contributed by atoms with Crippen molar-refractivity contribution in [2.75, 3.05) is 18.1 Å². The summed E-state index contributed by atoms with van der Waals surface area (Å²) < 4.78 is 12.1. The quantitative estimate of drug-likeness (QED) is 0.858. The number of pyridine rings is 1. The van der Waals surface area contributed by atoms with Gasteiger partial charge in [0.05, 0.1) is 25.4 Å². The van der Waals surface area contributed by atoms with Crippen LogP contribution in [0.25, 0.3) is 0 Å². The average molecular weight is 312 g/mol. The van der Waals surface area contributed by atoms with Crippen molar-refractivity contribution in [3.05, 3.63) is 48.5 Å². The number of anilines is 1. The molecule has 0 N–H and O–H groups in total. The van der Waals surface area contributed by atoms with Gasteiger partial charge in [0.15, 0.2) is 0 Å². The van der Waals surface area contributed by atoms with Crippen molar-refractivity contribution in [3.63, 3.8) is 0 Å². The summed E-state index contributed by atoms with van der Waals surface area (Å²) in [5, 5.41) is 0. The van der Waals surface area contributed by atoms with E-state index in [9.17, 15) is 0 Å². The van der Waals surface area contributed by atoms with Crippen LogP contribution in [0.1, 0.15) is 18.4 Å². The Morgan fingerprint density at radius 1 is 1.17 bits per heavy atom. The molecule has 2 aliphatic rings. The summed E-state index contributed by atoms with van der Waals surface area (Å²) in [6, 6.07) is 6.10. The van der Waals surface area contributed by atoms with Gasteiger partial charge in [-0.1, -0.05) is 6.07 Å². The highest BCUT2D eigenvalue weighted by Gasteiger charge is 2.44. The molecule has 1 saturated carbocycles. The molecule has 0 spiro atoms. The first-order valence-corrected chi connectivity index (χ1v) is 8.07. The average Bonchev–Trinajstić information content (AvgIpc) is 3.05. The van der Waals surface area contributed by atoms with E-state index in [1.165, 1.54) is 0 Å². The normalized spacial score (nSPS) is 27.0. The molecule has 2 fully saturated rings. The van der Waals surface area contributed by atoms with Crippen LogP contribution in [0.2, 0.25) is 0 Å². The van der Waals surface area contributed by atoms with Gasteiger partial charge in [0.2, 0.25) is 5.95 Å². The molecule has 3 atom stereocenters. The fourth-order valence-electron chi connectivity index (χ4n) is 3.47. The van der Waals surface area contributed by atoms with Crippen LogP contribution in [0.4, 0.5) is 5.95 Å². The Kier molecular flexibility index (Phi) is 4.17. The molecule has 2 aromatic rings. The number of morpholine rings is 1. The number of hydrogen-bond donors (Lipinski definition) is 0. The van der Waals surface area contributed by atoms with Gasteiger partial charge in [0, 0.05) is 31.3 Å². The molecule has 6 nitrogen and oxygen atoms in total. The predicted octanol–water partition coefficient (Wildman–Crippen LogP) is 1.82. The van der Waals surface area contributed by atoms with Gasteiger partial charge in [-0.25, -0.2) is 9.97 Å². The highest BCUT2D eigenvalue weighted by Crippen LogP contribution is 2.34. The molecular weight excluding hydrogens is 292 g/mol. The number of nitrogens with zero attached hydrogens (tertiary/aromatic N) is 4. The van der Waals surface area contributed by atoms with Gasteiger partial charge in [-0.05, 0) is 30.5 Å². The van der Waals surface area contributed by atoms with Gasteiger partial charge in [0.25, 0.3) is 0 Å². The Labute approximate surface area is 135 Å². The summed E-state index contributed by atoms with van der Waals surface area (Å²) in [6.07, 6.45) is 9.45. The van der Waals surface area contributed by atoms with Gasteiger partial charge < -0.3 is 14.4 Å². The highest BCUT2D eigenvalue weighted by molar-refractivity contribution is 5.33. The third-order valence-electron chi connectivity index (χ3n) is 4.53. The molecule has 0 unspecified atom stereocenters. The minimum absolute atomic E-state index is 0.0872. The molecule has 3 heterocycles. The van der Waals surface area contributed by atoms with E-state index >= 15 is 0 Å². The van der Waals surface area contributed by atoms with Crippen molar-refractivity contribution in [1.29, 1.82) is 0 Å². The molecule has 1 saturated heterocycles. The second-order valence-electron chi connectivity index (χ2n) is 5.93. The second kappa shape index (κ2) is 6.60. The van der Waals surface area contributed by atoms with Gasteiger partial charge in [-0.3, -0.25) is 4.98 Å². The van der Waals surface area contributed by atoms with Crippen LogP contribution in [-0.2, 0) is 16.1 Å². The molecule has 2 aromatic heterocycles. The van der Waals surface area contributed by atoms with Crippen molar-refractivity contribution in [3.8, 4) is 0 Å². The summed E-state index contributed by atoms with van der Waals surface area (Å²) in [5.41, 5.74) is 1.09. The Morgan fingerprint density at radius 3 is 2.91 bits per heavy atom. The third-order valence-corrected chi connectivity index (χ3v) is 4.53. The van der Waals surface area contributed by atoms with Crippen molar-refractivity contribution < 1.29 is 9.47 Å². The molecular formula is C17H20N4O2. The number of rotatable bonds is 4. The molecule has 1 aliphatic heterocycles. The largest absolute Gasteiger partial charge is 0.372 e. The molecule has 0 bridgehead atoms. The number of aromatic nitrogens is 3. The molecule has 4 rings (SSSR count). The zero-order valence-electron chi connectivity index (χ0n) is 12.9. The van der Waals surface area contributed by atoms with E-state index in [2.05, 4.69) is 19.9 Å². The van der Waals surface area contributed by atoms with E-state index in [0.29, 0.717) is 19.3 Å². The second-order valence-corrected chi connectivity index (χ2v) is 5.93. The zero-order valence-corrected chi connectivity index (χ0v) is 12.9. The molecule has 1 aliphatic carbocycles. The van der Waals surface area contributed by atoms with Crippen LogP contribution < -0.4 is 4.90 Å². The SMILES string of the molecule is c1cnc(N2CCO[C@@H]3[C@H]2CC[C@H]3OCc2cccnc2)nc1. The van der Waals surface area contributed by atoms with Gasteiger partial charge in [0.1, 0.15) is 6.10 Å². The number of fused-ring (bicyclic) bond motifs is 1. The highest BCUT2D eigenvalue weighted by atomic mass is 16.5. The Balaban J connectivity index is 1.43. The zero-order chi connectivity index (χ0) is 15.5. The lowest BCUT2D eigenvalue weighted by Gasteiger charge is -2.39. The van der Waals surface area contributed by atoms with Gasteiger partial charge in [-0.2, -0.15) is 0 Å². The van der Waals surface area contributed by atoms with E-state index in [-0.39, 0.29) is 12.2 Å². The molecule has 0 radical (unpaired) electrons. The fourth-order valence-corrected chi connectivity index (χ4v) is 3.47. The van der Waals surface area contributed by atoms with Gasteiger partial charge >= 0.3 is 0 Å². The summed E-state index contributed by atoms with van der Waals surface area (Å²) in [7, 11) is 0. The number of hydrogen-bond acceptors (Lipinski definition) is 6. The molecule has 6 heteroatoms. The Bertz CT molecular complexity index is 625. The minimum atomic E-state index is 0.0872. The Hall–Kier alpha value is -2.05. The maximum Gasteiger partial charge on any atom is 0.225 e. The van der Waals surface area contributed by atoms with E-state index < -0.39 is 0 Å². The molecule has 120 valence electrons. The summed E-state index contributed by atoms with van der Waals surface area (Å²) >= 11 is 0. The van der Waals surface area contributed by atoms with E-state index in [0.717, 1.165) is 30.9 Å². The maximum absolute atomic E-state index is 6.11. The fraction of sp³-hybridized carbons (Fsp3) is 0.471. The van der Waals surface area contributed by atoms with E-state index in [4.69, 9.17) is 9.47 Å². The van der Waals surface area contributed by atoms with E-state index in [1.807, 2.05) is 24.4 Å². The summed E-state index contributed by atoms with van der Waals surface area (Å²) in [4.78, 5) is 15.2. The number of ether oxygens (including phenoxy) is 2. The first-order valence-electron chi connectivity index (χ1n) is 8.07. The minimum Gasteiger partial charge on any atom is -0.372 e. The smallest absolute Gasteiger partial charge is 0.225 e. The van der Waals surface area contributed by atoms with Crippen LogP contribution >= 0.6 is 0 Å². The molecule has 0 aromatic carbocycles. The maximum atomic E-state index is 6.11. The van der Waals surface area contributed by atoms with Crippen molar-refractivity contribution in [2.45, 2.75) is 37.7 Å². The van der Waals surface area contributed by atoms with Crippen molar-refractivity contribution in [2.24, 2.45) is 0 Å². The monoisotopic (exact) mass is 312 g/mol. The van der Waals surface area contributed by atoms with Crippen molar-refractivity contribution >= 4 is 5.95 Å². The lowest BCUT2D eigenvalue weighted by atomic mass is 10.1. The Morgan fingerprint density at radius 2 is 2.09 bits per heavy atom. The summed E-state index contributed by atoms with van der Waals surface area (Å²) in [5.74, 6) is 0.790. The van der Waals surface area contributed by atoms with Crippen LogP contribution in [0.3, 0.4) is 0 Å². The van der Waals surface area contributed by atoms with Crippen LogP contribution in [0.5, 0.6) is 0 Å². The predicted molar refractivity (Wildman–Crippen MR) is 85.0 cm³/mol. The molecule has 23 heavy (non-hydrogen) atoms. The first-order chi connectivity index (χ1) is 11.4. The van der Waals surface area contributed by atoms with Crippen LogP contribution in [0, 0.1) is 0 Å². The lowest BCUT2D eigenvalue weighted by molar-refractivity contribution is -0.0773. The standard InChI is InChI=1S/C17H20N4O2/c1-3-13(11-18-6-1)12-23-15-5-4-14-16(15)22-10-9-21(14)17-19-7-2-8-20-17/h1-3,6-8,11,14-16H,4-5,9-10,12H2/t14-,15-,16-/m1/s1. The lowest BCUT2D eigenvalue weighted by Crippen LogP contribution is -2.52. The third kappa shape index (κ3) is 3.04. The van der Waals surface area contributed by atoms with Crippen LogP contribution in [0.15, 0.2) is 43.0 Å². The first kappa shape index (κ1) is 14.5. The topological polar surface area (TPSA) is 60.4 Å². The van der Waals surface area contributed by atoms with Crippen LogP contribution in [-0.4, -0.2) is 46.4 Å². The van der Waals surface area contributed by atoms with Gasteiger partial charge in [-0.15, -0.1) is 0 Å². The molecule has 0 amide bonds. The summed E-state index contributed by atoms with van der Waals surface area (Å²) in [6.45, 7) is 2.10.